The molecule has 0 aliphatic carbocycles. The highest BCUT2D eigenvalue weighted by Crippen LogP contribution is 2.34. The summed E-state index contributed by atoms with van der Waals surface area (Å²) in [6.45, 7) is 8.17. The molecule has 0 bridgehead atoms. The number of rotatable bonds is 3. The van der Waals surface area contributed by atoms with Crippen molar-refractivity contribution in [2.75, 3.05) is 11.1 Å². The van der Waals surface area contributed by atoms with Gasteiger partial charge in [0, 0.05) is 16.5 Å². The first-order valence-electron chi connectivity index (χ1n) is 6.78. The summed E-state index contributed by atoms with van der Waals surface area (Å²) in [6.07, 6.45) is -0.608. The first-order valence-corrected chi connectivity index (χ1v) is 7.77. The summed E-state index contributed by atoms with van der Waals surface area (Å²) in [5, 5.41) is 16.7. The third kappa shape index (κ3) is 3.75. The molecule has 0 aromatic heterocycles. The van der Waals surface area contributed by atoms with Crippen LogP contribution in [0.5, 0.6) is 0 Å². The maximum atomic E-state index is 11.4. The van der Waals surface area contributed by atoms with Crippen molar-refractivity contribution >= 4 is 23.4 Å². The summed E-state index contributed by atoms with van der Waals surface area (Å²) in [6, 6.07) is 5.68. The van der Waals surface area contributed by atoms with E-state index in [1.54, 1.807) is 0 Å². The predicted molar refractivity (Wildman–Crippen MR) is 83.1 cm³/mol. The molecule has 0 fully saturated rings. The Morgan fingerprint density at radius 2 is 2.10 bits per heavy atom. The third-order valence-corrected chi connectivity index (χ3v) is 4.19. The smallest absolute Gasteiger partial charge is 0.234 e. The molecule has 20 heavy (non-hydrogen) atoms. The number of fused-ring (bicyclic) bond motifs is 1. The number of thioether (sulfide) groups is 1. The normalized spacial score (nSPS) is 18.1. The van der Waals surface area contributed by atoms with Crippen LogP contribution in [0.2, 0.25) is 0 Å². The van der Waals surface area contributed by atoms with E-state index in [1.807, 2.05) is 25.1 Å². The van der Waals surface area contributed by atoms with Gasteiger partial charge in [0.05, 0.1) is 17.5 Å². The molecule has 0 radical (unpaired) electrons. The summed E-state index contributed by atoms with van der Waals surface area (Å²) < 4.78 is 0. The molecule has 3 N–H and O–H groups in total. The number of amides is 1. The fraction of sp³-hybridized carbons (Fsp3) is 0.533. The Kier molecular flexibility index (Phi) is 4.42. The summed E-state index contributed by atoms with van der Waals surface area (Å²) in [5.41, 5.74) is 1.56. The van der Waals surface area contributed by atoms with E-state index in [0.29, 0.717) is 5.75 Å². The van der Waals surface area contributed by atoms with Gasteiger partial charge >= 0.3 is 0 Å². The zero-order chi connectivity index (χ0) is 14.9. The topological polar surface area (TPSA) is 61.4 Å². The van der Waals surface area contributed by atoms with Crippen molar-refractivity contribution in [3.8, 4) is 0 Å². The maximum Gasteiger partial charge on any atom is 0.234 e. The van der Waals surface area contributed by atoms with Gasteiger partial charge in [-0.05, 0) is 45.4 Å². The lowest BCUT2D eigenvalue weighted by Crippen LogP contribution is -2.45. The third-order valence-electron chi connectivity index (χ3n) is 3.11. The molecule has 1 amide bonds. The van der Waals surface area contributed by atoms with Gasteiger partial charge in [-0.3, -0.25) is 4.79 Å². The van der Waals surface area contributed by atoms with Gasteiger partial charge in [-0.1, -0.05) is 6.07 Å². The van der Waals surface area contributed by atoms with Crippen molar-refractivity contribution in [2.24, 2.45) is 0 Å². The van der Waals surface area contributed by atoms with Crippen molar-refractivity contribution in [3.63, 3.8) is 0 Å². The van der Waals surface area contributed by atoms with Crippen molar-refractivity contribution < 1.29 is 9.90 Å². The van der Waals surface area contributed by atoms with Crippen LogP contribution in [0.4, 0.5) is 5.69 Å². The second-order valence-corrected chi connectivity index (χ2v) is 7.24. The molecule has 2 atom stereocenters. The van der Waals surface area contributed by atoms with Crippen LogP contribution in [0.3, 0.4) is 0 Å². The number of hydrogen-bond donors (Lipinski definition) is 3. The van der Waals surface area contributed by atoms with E-state index in [4.69, 9.17) is 0 Å². The SMILES string of the molecule is CC(NC(C)(C)C)C(O)c1ccc2c(c1)NC(=O)CS2. The van der Waals surface area contributed by atoms with Crippen molar-refractivity contribution in [3.05, 3.63) is 23.8 Å². The fourth-order valence-electron chi connectivity index (χ4n) is 2.34. The Bertz CT molecular complexity index is 511. The summed E-state index contributed by atoms with van der Waals surface area (Å²) in [7, 11) is 0. The van der Waals surface area contributed by atoms with E-state index in [0.717, 1.165) is 16.1 Å². The number of benzene rings is 1. The lowest BCUT2D eigenvalue weighted by atomic mass is 9.99. The molecule has 1 aliphatic heterocycles. The molecule has 1 heterocycles. The van der Waals surface area contributed by atoms with Crippen LogP contribution < -0.4 is 10.6 Å². The average molecular weight is 294 g/mol. The van der Waals surface area contributed by atoms with Gasteiger partial charge in [-0.15, -0.1) is 11.8 Å². The zero-order valence-electron chi connectivity index (χ0n) is 12.4. The Hall–Kier alpha value is -1.04. The van der Waals surface area contributed by atoms with Crippen molar-refractivity contribution in [1.82, 2.24) is 5.32 Å². The first kappa shape index (κ1) is 15.4. The average Bonchev–Trinajstić information content (AvgIpc) is 2.34. The Morgan fingerprint density at radius 3 is 2.75 bits per heavy atom. The van der Waals surface area contributed by atoms with Crippen molar-refractivity contribution in [1.29, 1.82) is 0 Å². The van der Waals surface area contributed by atoms with Crippen LogP contribution in [0, 0.1) is 0 Å². The Morgan fingerprint density at radius 1 is 1.40 bits per heavy atom. The second-order valence-electron chi connectivity index (χ2n) is 6.22. The van der Waals surface area contributed by atoms with Crippen LogP contribution >= 0.6 is 11.8 Å². The van der Waals surface area contributed by atoms with Crippen LogP contribution in [-0.4, -0.2) is 28.3 Å². The first-order chi connectivity index (χ1) is 9.26. The predicted octanol–water partition coefficient (Wildman–Crippen LogP) is 2.54. The van der Waals surface area contributed by atoms with Gasteiger partial charge in [0.1, 0.15) is 0 Å². The molecule has 1 aromatic carbocycles. The maximum absolute atomic E-state index is 11.4. The fourth-order valence-corrected chi connectivity index (χ4v) is 3.12. The molecule has 110 valence electrons. The molecule has 1 aliphatic rings. The number of hydrogen-bond acceptors (Lipinski definition) is 4. The largest absolute Gasteiger partial charge is 0.387 e. The molecule has 0 saturated heterocycles. The van der Waals surface area contributed by atoms with Gasteiger partial charge < -0.3 is 15.7 Å². The number of nitrogens with one attached hydrogen (secondary N) is 2. The van der Waals surface area contributed by atoms with Crippen LogP contribution in [0.15, 0.2) is 23.1 Å². The van der Waals surface area contributed by atoms with E-state index in [-0.39, 0.29) is 17.5 Å². The standard InChI is InChI=1S/C15H22N2O2S/c1-9(17-15(2,3)4)14(19)10-5-6-12-11(7-10)16-13(18)8-20-12/h5-7,9,14,17,19H,8H2,1-4H3,(H,16,18). The lowest BCUT2D eigenvalue weighted by molar-refractivity contribution is -0.113. The molecule has 5 heteroatoms. The highest BCUT2D eigenvalue weighted by molar-refractivity contribution is 8.00. The number of anilines is 1. The van der Waals surface area contributed by atoms with Gasteiger partial charge in [0.2, 0.25) is 5.91 Å². The molecular formula is C15H22N2O2S. The number of carbonyl (C=O) groups is 1. The summed E-state index contributed by atoms with van der Waals surface area (Å²) in [5.74, 6) is 0.465. The number of aliphatic hydroxyl groups is 1. The van der Waals surface area contributed by atoms with Gasteiger partial charge in [0.25, 0.3) is 0 Å². The van der Waals surface area contributed by atoms with Crippen molar-refractivity contribution in [2.45, 2.75) is 50.3 Å². The number of aliphatic hydroxyl groups excluding tert-OH is 1. The second kappa shape index (κ2) is 5.76. The molecular weight excluding hydrogens is 272 g/mol. The molecule has 1 aromatic rings. The Labute approximate surface area is 124 Å². The minimum atomic E-state index is -0.608. The molecule has 2 unspecified atom stereocenters. The van der Waals surface area contributed by atoms with E-state index >= 15 is 0 Å². The van der Waals surface area contributed by atoms with E-state index in [1.165, 1.54) is 11.8 Å². The molecule has 2 rings (SSSR count). The summed E-state index contributed by atoms with van der Waals surface area (Å²) >= 11 is 1.53. The number of carbonyl (C=O) groups excluding carboxylic acids is 1. The van der Waals surface area contributed by atoms with E-state index < -0.39 is 6.10 Å². The quantitative estimate of drug-likeness (QED) is 0.802. The van der Waals surface area contributed by atoms with Crippen LogP contribution in [0.1, 0.15) is 39.4 Å². The van der Waals surface area contributed by atoms with Gasteiger partial charge in [-0.2, -0.15) is 0 Å². The Balaban J connectivity index is 2.16. The highest BCUT2D eigenvalue weighted by Gasteiger charge is 2.23. The summed E-state index contributed by atoms with van der Waals surface area (Å²) in [4.78, 5) is 12.5. The highest BCUT2D eigenvalue weighted by atomic mass is 32.2. The van der Waals surface area contributed by atoms with Crippen LogP contribution in [-0.2, 0) is 4.79 Å². The van der Waals surface area contributed by atoms with Gasteiger partial charge in [0.15, 0.2) is 0 Å². The van der Waals surface area contributed by atoms with E-state index in [2.05, 4.69) is 31.4 Å². The molecule has 0 spiro atoms. The molecule has 4 nitrogen and oxygen atoms in total. The van der Waals surface area contributed by atoms with E-state index in [9.17, 15) is 9.90 Å². The minimum absolute atomic E-state index is 0.00926. The minimum Gasteiger partial charge on any atom is -0.387 e. The monoisotopic (exact) mass is 294 g/mol. The zero-order valence-corrected chi connectivity index (χ0v) is 13.2. The van der Waals surface area contributed by atoms with Crippen LogP contribution in [0.25, 0.3) is 0 Å². The van der Waals surface area contributed by atoms with Gasteiger partial charge in [-0.25, -0.2) is 0 Å². The lowest BCUT2D eigenvalue weighted by Gasteiger charge is -2.30. The molecule has 0 saturated carbocycles.